The summed E-state index contributed by atoms with van der Waals surface area (Å²) in [7, 11) is 0. The Balaban J connectivity index is 1.63. The van der Waals surface area contributed by atoms with E-state index < -0.39 is 0 Å². The van der Waals surface area contributed by atoms with Crippen molar-refractivity contribution >= 4 is 5.91 Å². The minimum atomic E-state index is 0.172. The van der Waals surface area contributed by atoms with E-state index in [1.165, 1.54) is 5.56 Å². The van der Waals surface area contributed by atoms with Crippen molar-refractivity contribution in [3.63, 3.8) is 0 Å². The molecule has 2 rings (SSSR count). The zero-order valence-electron chi connectivity index (χ0n) is 13.5. The van der Waals surface area contributed by atoms with Gasteiger partial charge >= 0.3 is 0 Å². The molecule has 1 saturated heterocycles. The van der Waals surface area contributed by atoms with Crippen molar-refractivity contribution in [3.05, 3.63) is 35.9 Å². The van der Waals surface area contributed by atoms with Gasteiger partial charge in [0.25, 0.3) is 0 Å². The van der Waals surface area contributed by atoms with Crippen molar-refractivity contribution in [2.45, 2.75) is 38.7 Å². The molecule has 0 bridgehead atoms. The first-order valence-corrected chi connectivity index (χ1v) is 8.30. The molecule has 0 N–H and O–H groups in total. The van der Waals surface area contributed by atoms with Gasteiger partial charge in [0.15, 0.2) is 0 Å². The normalized spacial score (nSPS) is 17.6. The first-order chi connectivity index (χ1) is 10.8. The molecular formula is C18H27NO3. The van der Waals surface area contributed by atoms with E-state index in [1.807, 2.05) is 30.0 Å². The van der Waals surface area contributed by atoms with Gasteiger partial charge < -0.3 is 14.4 Å². The Hall–Kier alpha value is -1.39. The van der Waals surface area contributed by atoms with Gasteiger partial charge in [-0.15, -0.1) is 0 Å². The van der Waals surface area contributed by atoms with Crippen molar-refractivity contribution in [3.8, 4) is 0 Å². The Morgan fingerprint density at radius 2 is 2.18 bits per heavy atom. The molecule has 0 spiro atoms. The smallest absolute Gasteiger partial charge is 0.224 e. The molecule has 4 nitrogen and oxygen atoms in total. The highest BCUT2D eigenvalue weighted by Crippen LogP contribution is 2.12. The molecule has 1 aromatic rings. The number of ether oxygens (including phenoxy) is 2. The first-order valence-electron chi connectivity index (χ1n) is 8.30. The molecule has 1 unspecified atom stereocenters. The molecule has 0 saturated carbocycles. The standard InChI is InChI=1S/C18H27NO3/c1-2-19(12-10-16-7-4-3-5-8-16)18(20)11-14-21-15-17-9-6-13-22-17/h3-5,7-8,17H,2,6,9-15H2,1H3. The van der Waals surface area contributed by atoms with E-state index in [-0.39, 0.29) is 12.0 Å². The van der Waals surface area contributed by atoms with Crippen LogP contribution in [0.5, 0.6) is 0 Å². The van der Waals surface area contributed by atoms with Gasteiger partial charge in [-0.2, -0.15) is 0 Å². The predicted molar refractivity (Wildman–Crippen MR) is 86.8 cm³/mol. The Bertz CT molecular complexity index is 429. The average Bonchev–Trinajstić information content (AvgIpc) is 3.06. The van der Waals surface area contributed by atoms with Crippen LogP contribution in [0.25, 0.3) is 0 Å². The van der Waals surface area contributed by atoms with Gasteiger partial charge in [0.2, 0.25) is 5.91 Å². The fraction of sp³-hybridized carbons (Fsp3) is 0.611. The molecule has 1 fully saturated rings. The molecule has 4 heteroatoms. The summed E-state index contributed by atoms with van der Waals surface area (Å²) in [5.41, 5.74) is 1.27. The largest absolute Gasteiger partial charge is 0.378 e. The van der Waals surface area contributed by atoms with Crippen molar-refractivity contribution in [2.75, 3.05) is 32.9 Å². The summed E-state index contributed by atoms with van der Waals surface area (Å²) in [6, 6.07) is 10.3. The van der Waals surface area contributed by atoms with Crippen LogP contribution in [0.15, 0.2) is 30.3 Å². The molecule has 0 radical (unpaired) electrons. The fourth-order valence-corrected chi connectivity index (χ4v) is 2.68. The minimum absolute atomic E-state index is 0.172. The monoisotopic (exact) mass is 305 g/mol. The highest BCUT2D eigenvalue weighted by molar-refractivity contribution is 5.76. The molecule has 122 valence electrons. The molecular weight excluding hydrogens is 278 g/mol. The van der Waals surface area contributed by atoms with Gasteiger partial charge in [-0.05, 0) is 31.7 Å². The topological polar surface area (TPSA) is 38.8 Å². The van der Waals surface area contributed by atoms with E-state index in [0.29, 0.717) is 19.6 Å². The Kier molecular flexibility index (Phi) is 7.40. The summed E-state index contributed by atoms with van der Waals surface area (Å²) in [5.74, 6) is 0.172. The second kappa shape index (κ2) is 9.59. The van der Waals surface area contributed by atoms with Gasteiger partial charge in [0.1, 0.15) is 0 Å². The summed E-state index contributed by atoms with van der Waals surface area (Å²) in [5, 5.41) is 0. The van der Waals surface area contributed by atoms with Crippen molar-refractivity contribution in [1.82, 2.24) is 4.90 Å². The highest BCUT2D eigenvalue weighted by Gasteiger charge is 2.16. The molecule has 22 heavy (non-hydrogen) atoms. The van der Waals surface area contributed by atoms with Gasteiger partial charge in [0.05, 0.1) is 25.7 Å². The maximum absolute atomic E-state index is 12.2. The lowest BCUT2D eigenvalue weighted by molar-refractivity contribution is -0.132. The predicted octanol–water partition coefficient (Wildman–Crippen LogP) is 2.66. The van der Waals surface area contributed by atoms with Crippen LogP contribution in [0.1, 0.15) is 31.7 Å². The Morgan fingerprint density at radius 1 is 1.36 bits per heavy atom. The second-order valence-electron chi connectivity index (χ2n) is 5.67. The van der Waals surface area contributed by atoms with Crippen molar-refractivity contribution in [1.29, 1.82) is 0 Å². The number of benzene rings is 1. The lowest BCUT2D eigenvalue weighted by Crippen LogP contribution is -2.33. The Morgan fingerprint density at radius 3 is 2.86 bits per heavy atom. The maximum atomic E-state index is 12.2. The van der Waals surface area contributed by atoms with Gasteiger partial charge in [-0.1, -0.05) is 30.3 Å². The van der Waals surface area contributed by atoms with Crippen LogP contribution in [-0.2, 0) is 20.7 Å². The highest BCUT2D eigenvalue weighted by atomic mass is 16.5. The van der Waals surface area contributed by atoms with Crippen molar-refractivity contribution < 1.29 is 14.3 Å². The van der Waals surface area contributed by atoms with E-state index in [2.05, 4.69) is 12.1 Å². The third-order valence-electron chi connectivity index (χ3n) is 4.04. The van der Waals surface area contributed by atoms with Gasteiger partial charge in [-0.25, -0.2) is 0 Å². The third-order valence-corrected chi connectivity index (χ3v) is 4.04. The Labute approximate surface area is 133 Å². The second-order valence-corrected chi connectivity index (χ2v) is 5.67. The SMILES string of the molecule is CCN(CCc1ccccc1)C(=O)CCOCC1CCCO1. The summed E-state index contributed by atoms with van der Waals surface area (Å²) in [6.07, 6.45) is 3.78. The van der Waals surface area contributed by atoms with E-state index in [4.69, 9.17) is 9.47 Å². The van der Waals surface area contributed by atoms with Crippen LogP contribution < -0.4 is 0 Å². The molecule has 1 aliphatic heterocycles. The molecule has 1 atom stereocenters. The van der Waals surface area contributed by atoms with Crippen LogP contribution in [0.3, 0.4) is 0 Å². The number of carbonyl (C=O) groups is 1. The fourth-order valence-electron chi connectivity index (χ4n) is 2.68. The molecule has 1 amide bonds. The van der Waals surface area contributed by atoms with Crippen LogP contribution >= 0.6 is 0 Å². The van der Waals surface area contributed by atoms with Crippen LogP contribution in [0.2, 0.25) is 0 Å². The van der Waals surface area contributed by atoms with Crippen molar-refractivity contribution in [2.24, 2.45) is 0 Å². The number of likely N-dealkylation sites (N-methyl/N-ethyl adjacent to an activating group) is 1. The molecule has 1 aromatic carbocycles. The van der Waals surface area contributed by atoms with E-state index in [1.54, 1.807) is 0 Å². The zero-order chi connectivity index (χ0) is 15.6. The number of hydrogen-bond donors (Lipinski definition) is 0. The number of amides is 1. The lowest BCUT2D eigenvalue weighted by Gasteiger charge is -2.21. The average molecular weight is 305 g/mol. The summed E-state index contributed by atoms with van der Waals surface area (Å²) < 4.78 is 11.1. The summed E-state index contributed by atoms with van der Waals surface area (Å²) >= 11 is 0. The van der Waals surface area contributed by atoms with Crippen LogP contribution in [0, 0.1) is 0 Å². The van der Waals surface area contributed by atoms with E-state index in [9.17, 15) is 4.79 Å². The molecule has 0 aliphatic carbocycles. The zero-order valence-corrected chi connectivity index (χ0v) is 13.5. The van der Waals surface area contributed by atoms with Gasteiger partial charge in [0, 0.05) is 19.7 Å². The number of hydrogen-bond acceptors (Lipinski definition) is 3. The molecule has 1 aliphatic rings. The van der Waals surface area contributed by atoms with Crippen LogP contribution in [-0.4, -0.2) is 49.8 Å². The summed E-state index contributed by atoms with van der Waals surface area (Å²) in [6.45, 7) is 5.48. The number of carbonyl (C=O) groups excluding carboxylic acids is 1. The molecule has 1 heterocycles. The quantitative estimate of drug-likeness (QED) is 0.658. The molecule has 0 aromatic heterocycles. The third kappa shape index (κ3) is 5.78. The number of nitrogens with zero attached hydrogens (tertiary/aromatic N) is 1. The van der Waals surface area contributed by atoms with Gasteiger partial charge in [-0.3, -0.25) is 4.79 Å². The minimum Gasteiger partial charge on any atom is -0.378 e. The van der Waals surface area contributed by atoms with Crippen LogP contribution in [0.4, 0.5) is 0 Å². The number of rotatable bonds is 9. The van der Waals surface area contributed by atoms with E-state index in [0.717, 1.165) is 39.0 Å². The first kappa shape index (κ1) is 17.0. The maximum Gasteiger partial charge on any atom is 0.224 e. The van der Waals surface area contributed by atoms with E-state index >= 15 is 0 Å². The lowest BCUT2D eigenvalue weighted by atomic mass is 10.1. The summed E-state index contributed by atoms with van der Waals surface area (Å²) in [4.78, 5) is 14.1.